The van der Waals surface area contributed by atoms with Crippen LogP contribution in [0.1, 0.15) is 57.3 Å². The van der Waals surface area contributed by atoms with Crippen LogP contribution in [0.2, 0.25) is 0 Å². The molecule has 3 heteroatoms. The van der Waals surface area contributed by atoms with Crippen LogP contribution in [0.15, 0.2) is 47.6 Å². The topological polar surface area (TPSA) is 49.3 Å². The smallest absolute Gasteiger partial charge is 0.337 e. The molecule has 126 valence electrons. The Kier molecular flexibility index (Phi) is 8.17. The standard InChI is InChI=1S/C20H29NO2/c1-15(2)12-13-16(3)8-7-9-17(4)14-21-19-11-6-5-10-18(19)20(22)23/h5-6,9-11,13,15,21H,7-8,12,14H2,1-4H3,(H,22,23)/b16-13+,17-9+. The van der Waals surface area contributed by atoms with Gasteiger partial charge in [-0.15, -0.1) is 0 Å². The molecule has 0 amide bonds. The maximum atomic E-state index is 11.2. The summed E-state index contributed by atoms with van der Waals surface area (Å²) in [7, 11) is 0. The number of para-hydroxylation sites is 1. The van der Waals surface area contributed by atoms with Gasteiger partial charge < -0.3 is 10.4 Å². The molecule has 0 bridgehead atoms. The monoisotopic (exact) mass is 315 g/mol. The van der Waals surface area contributed by atoms with Gasteiger partial charge in [0, 0.05) is 12.2 Å². The van der Waals surface area contributed by atoms with E-state index in [0.29, 0.717) is 23.7 Å². The van der Waals surface area contributed by atoms with Crippen molar-refractivity contribution in [3.05, 3.63) is 53.1 Å². The Hall–Kier alpha value is -2.03. The Morgan fingerprint density at radius 3 is 2.52 bits per heavy atom. The average Bonchev–Trinajstić information content (AvgIpc) is 2.51. The van der Waals surface area contributed by atoms with Crippen molar-refractivity contribution < 1.29 is 9.90 Å². The third-order valence-electron chi connectivity index (χ3n) is 3.68. The fraction of sp³-hybridized carbons (Fsp3) is 0.450. The van der Waals surface area contributed by atoms with Gasteiger partial charge in [-0.25, -0.2) is 4.79 Å². The summed E-state index contributed by atoms with van der Waals surface area (Å²) in [5.41, 5.74) is 3.64. The van der Waals surface area contributed by atoms with E-state index in [2.05, 4.69) is 45.2 Å². The molecule has 0 fully saturated rings. The molecule has 0 radical (unpaired) electrons. The molecule has 1 rings (SSSR count). The zero-order chi connectivity index (χ0) is 17.2. The van der Waals surface area contributed by atoms with Gasteiger partial charge >= 0.3 is 5.97 Å². The number of carboxylic acid groups (broad SMARTS) is 1. The Morgan fingerprint density at radius 1 is 1.17 bits per heavy atom. The minimum atomic E-state index is -0.902. The number of benzene rings is 1. The van der Waals surface area contributed by atoms with Gasteiger partial charge in [0.05, 0.1) is 5.56 Å². The summed E-state index contributed by atoms with van der Waals surface area (Å²) < 4.78 is 0. The van der Waals surface area contributed by atoms with Crippen LogP contribution in [0.4, 0.5) is 5.69 Å². The average molecular weight is 315 g/mol. The highest BCUT2D eigenvalue weighted by molar-refractivity contribution is 5.94. The summed E-state index contributed by atoms with van der Waals surface area (Å²) in [6, 6.07) is 7.00. The second-order valence-corrected chi connectivity index (χ2v) is 6.47. The Balaban J connectivity index is 2.46. The molecular weight excluding hydrogens is 286 g/mol. The SMILES string of the molecule is C/C(=C\CC(C)C)CC/C=C(\C)CNc1ccccc1C(=O)O. The summed E-state index contributed by atoms with van der Waals surface area (Å²) in [5.74, 6) is -0.193. The summed E-state index contributed by atoms with van der Waals surface area (Å²) >= 11 is 0. The molecule has 0 heterocycles. The number of rotatable bonds is 9. The van der Waals surface area contributed by atoms with E-state index < -0.39 is 5.97 Å². The van der Waals surface area contributed by atoms with Gasteiger partial charge in [-0.3, -0.25) is 0 Å². The molecule has 0 aliphatic heterocycles. The minimum Gasteiger partial charge on any atom is -0.478 e. The van der Waals surface area contributed by atoms with Crippen LogP contribution in [0.25, 0.3) is 0 Å². The van der Waals surface area contributed by atoms with Crippen LogP contribution in [-0.2, 0) is 0 Å². The second kappa shape index (κ2) is 9.88. The largest absolute Gasteiger partial charge is 0.478 e. The fourth-order valence-electron chi connectivity index (χ4n) is 2.22. The number of hydrogen-bond donors (Lipinski definition) is 2. The lowest BCUT2D eigenvalue weighted by atomic mass is 10.0. The van der Waals surface area contributed by atoms with Crippen molar-refractivity contribution in [3.8, 4) is 0 Å². The van der Waals surface area contributed by atoms with Gasteiger partial charge in [0.25, 0.3) is 0 Å². The molecule has 0 aromatic heterocycles. The summed E-state index contributed by atoms with van der Waals surface area (Å²) in [6.45, 7) is 9.39. The van der Waals surface area contributed by atoms with Crippen LogP contribution in [0.3, 0.4) is 0 Å². The van der Waals surface area contributed by atoms with E-state index in [9.17, 15) is 4.79 Å². The molecule has 0 unspecified atom stereocenters. The van der Waals surface area contributed by atoms with Gasteiger partial charge in [-0.1, -0.05) is 49.3 Å². The molecule has 0 saturated heterocycles. The van der Waals surface area contributed by atoms with Crippen molar-refractivity contribution in [2.45, 2.75) is 47.0 Å². The Labute approximate surface area is 140 Å². The number of hydrogen-bond acceptors (Lipinski definition) is 2. The molecule has 0 aliphatic rings. The highest BCUT2D eigenvalue weighted by Crippen LogP contribution is 2.16. The van der Waals surface area contributed by atoms with Crippen LogP contribution in [-0.4, -0.2) is 17.6 Å². The molecule has 0 saturated carbocycles. The highest BCUT2D eigenvalue weighted by atomic mass is 16.4. The molecule has 0 aliphatic carbocycles. The lowest BCUT2D eigenvalue weighted by Gasteiger charge is -2.10. The van der Waals surface area contributed by atoms with E-state index in [1.807, 2.05) is 6.07 Å². The number of aromatic carboxylic acids is 1. The van der Waals surface area contributed by atoms with Gasteiger partial charge in [0.1, 0.15) is 0 Å². The molecule has 0 spiro atoms. The molecular formula is C20H29NO2. The Bertz CT molecular complexity index is 571. The first-order valence-corrected chi connectivity index (χ1v) is 8.27. The number of carboxylic acids is 1. The lowest BCUT2D eigenvalue weighted by molar-refractivity contribution is 0.0698. The highest BCUT2D eigenvalue weighted by Gasteiger charge is 2.07. The number of anilines is 1. The molecule has 1 aromatic rings. The third-order valence-corrected chi connectivity index (χ3v) is 3.68. The predicted molar refractivity (Wildman–Crippen MR) is 98.1 cm³/mol. The second-order valence-electron chi connectivity index (χ2n) is 6.47. The van der Waals surface area contributed by atoms with Crippen LogP contribution in [0.5, 0.6) is 0 Å². The number of nitrogens with one attached hydrogen (secondary N) is 1. The molecule has 0 atom stereocenters. The summed E-state index contributed by atoms with van der Waals surface area (Å²) in [5, 5.41) is 12.4. The van der Waals surface area contributed by atoms with Gasteiger partial charge in [-0.05, 0) is 51.2 Å². The van der Waals surface area contributed by atoms with Crippen LogP contribution < -0.4 is 5.32 Å². The molecule has 1 aromatic carbocycles. The van der Waals surface area contributed by atoms with E-state index in [1.54, 1.807) is 18.2 Å². The van der Waals surface area contributed by atoms with Gasteiger partial charge in [0.15, 0.2) is 0 Å². The minimum absolute atomic E-state index is 0.313. The number of carbonyl (C=O) groups is 1. The van der Waals surface area contributed by atoms with E-state index in [1.165, 1.54) is 11.1 Å². The van der Waals surface area contributed by atoms with Crippen LogP contribution in [0, 0.1) is 5.92 Å². The van der Waals surface area contributed by atoms with E-state index in [0.717, 1.165) is 19.3 Å². The first-order valence-electron chi connectivity index (χ1n) is 8.27. The zero-order valence-electron chi connectivity index (χ0n) is 14.7. The first-order chi connectivity index (χ1) is 10.9. The molecule has 3 nitrogen and oxygen atoms in total. The Morgan fingerprint density at radius 2 is 1.87 bits per heavy atom. The maximum absolute atomic E-state index is 11.2. The number of allylic oxidation sites excluding steroid dienone is 3. The van der Waals surface area contributed by atoms with Gasteiger partial charge in [0.2, 0.25) is 0 Å². The van der Waals surface area contributed by atoms with E-state index >= 15 is 0 Å². The van der Waals surface area contributed by atoms with E-state index in [-0.39, 0.29) is 0 Å². The fourth-order valence-corrected chi connectivity index (χ4v) is 2.22. The third kappa shape index (κ3) is 7.68. The van der Waals surface area contributed by atoms with Crippen LogP contribution >= 0.6 is 0 Å². The normalized spacial score (nSPS) is 12.6. The van der Waals surface area contributed by atoms with Crippen molar-refractivity contribution in [1.29, 1.82) is 0 Å². The van der Waals surface area contributed by atoms with Crippen molar-refractivity contribution in [2.75, 3.05) is 11.9 Å². The van der Waals surface area contributed by atoms with Crippen molar-refractivity contribution in [3.63, 3.8) is 0 Å². The van der Waals surface area contributed by atoms with Crippen molar-refractivity contribution in [2.24, 2.45) is 5.92 Å². The van der Waals surface area contributed by atoms with E-state index in [4.69, 9.17) is 5.11 Å². The maximum Gasteiger partial charge on any atom is 0.337 e. The quantitative estimate of drug-likeness (QED) is 0.590. The zero-order valence-corrected chi connectivity index (χ0v) is 14.7. The predicted octanol–water partition coefficient (Wildman–Crippen LogP) is 5.52. The molecule has 2 N–H and O–H groups in total. The van der Waals surface area contributed by atoms with Gasteiger partial charge in [-0.2, -0.15) is 0 Å². The first kappa shape index (κ1) is 19.0. The summed E-state index contributed by atoms with van der Waals surface area (Å²) in [4.78, 5) is 11.2. The molecule has 23 heavy (non-hydrogen) atoms. The van der Waals surface area contributed by atoms with Crippen molar-refractivity contribution >= 4 is 11.7 Å². The summed E-state index contributed by atoms with van der Waals surface area (Å²) in [6.07, 6.45) is 7.80. The lowest BCUT2D eigenvalue weighted by Crippen LogP contribution is -2.08. The van der Waals surface area contributed by atoms with Crippen molar-refractivity contribution in [1.82, 2.24) is 0 Å².